The van der Waals surface area contributed by atoms with Crippen LogP contribution in [0, 0.1) is 17.1 Å². The van der Waals surface area contributed by atoms with Crippen LogP contribution in [0.25, 0.3) is 11.1 Å². The average Bonchev–Trinajstić information content (AvgIpc) is 2.37. The van der Waals surface area contributed by atoms with E-state index in [0.29, 0.717) is 11.1 Å². The monoisotopic (exact) mass is 281 g/mol. The molecule has 0 unspecified atom stereocenters. The number of hydrogen-bond acceptors (Lipinski definition) is 2. The molecule has 0 spiro atoms. The first-order valence-corrected chi connectivity index (χ1v) is 5.45. The molecule has 0 N–H and O–H groups in total. The molecule has 20 heavy (non-hydrogen) atoms. The van der Waals surface area contributed by atoms with Crippen molar-refractivity contribution in [1.29, 1.82) is 5.26 Å². The van der Waals surface area contributed by atoms with Crippen molar-refractivity contribution in [2.75, 3.05) is 0 Å². The Morgan fingerprint density at radius 3 is 2.35 bits per heavy atom. The molecule has 0 radical (unpaired) electrons. The molecule has 0 aromatic heterocycles. The highest BCUT2D eigenvalue weighted by Crippen LogP contribution is 2.28. The first-order valence-electron chi connectivity index (χ1n) is 5.45. The molecule has 0 heterocycles. The molecular weight excluding hydrogens is 274 g/mol. The molecule has 0 atom stereocenters. The van der Waals surface area contributed by atoms with Crippen LogP contribution in [0.2, 0.25) is 0 Å². The summed E-state index contributed by atoms with van der Waals surface area (Å²) in [5.41, 5.74) is 0.642. The van der Waals surface area contributed by atoms with Gasteiger partial charge in [0.2, 0.25) is 0 Å². The molecule has 2 aromatic carbocycles. The van der Waals surface area contributed by atoms with E-state index in [1.807, 2.05) is 0 Å². The lowest BCUT2D eigenvalue weighted by atomic mass is 10.0. The van der Waals surface area contributed by atoms with Gasteiger partial charge in [0.05, 0.1) is 5.56 Å². The Hall–Kier alpha value is -2.55. The molecule has 6 heteroatoms. The third kappa shape index (κ3) is 3.26. The summed E-state index contributed by atoms with van der Waals surface area (Å²) in [5, 5.41) is 8.73. The van der Waals surface area contributed by atoms with E-state index in [4.69, 9.17) is 5.26 Å². The van der Waals surface area contributed by atoms with Crippen LogP contribution in [0.3, 0.4) is 0 Å². The highest BCUT2D eigenvalue weighted by molar-refractivity contribution is 5.66. The van der Waals surface area contributed by atoms with E-state index in [0.717, 1.165) is 12.1 Å². The molecular formula is C14H7F4NO. The zero-order valence-corrected chi connectivity index (χ0v) is 9.91. The standard InChI is InChI=1S/C14H7F4NO/c15-13-5-4-10(6-11(13)8-19)9-2-1-3-12(7-9)20-14(16,17)18/h1-7H. The summed E-state index contributed by atoms with van der Waals surface area (Å²) in [6, 6.07) is 10.7. The summed E-state index contributed by atoms with van der Waals surface area (Å²) in [6.45, 7) is 0. The molecule has 0 aliphatic rings. The Morgan fingerprint density at radius 2 is 1.70 bits per heavy atom. The number of ether oxygens (including phenoxy) is 1. The topological polar surface area (TPSA) is 33.0 Å². The van der Waals surface area contributed by atoms with E-state index in [1.165, 1.54) is 30.3 Å². The van der Waals surface area contributed by atoms with E-state index in [2.05, 4.69) is 4.74 Å². The normalized spacial score (nSPS) is 10.9. The number of benzene rings is 2. The molecule has 2 aromatic rings. The van der Waals surface area contributed by atoms with Crippen molar-refractivity contribution in [3.63, 3.8) is 0 Å². The molecule has 0 saturated carbocycles. The van der Waals surface area contributed by atoms with Gasteiger partial charge in [-0.15, -0.1) is 13.2 Å². The number of nitrogens with zero attached hydrogens (tertiary/aromatic N) is 1. The smallest absolute Gasteiger partial charge is 0.406 e. The Labute approximate surface area is 111 Å². The van der Waals surface area contributed by atoms with E-state index >= 15 is 0 Å². The quantitative estimate of drug-likeness (QED) is 0.770. The minimum atomic E-state index is -4.78. The Balaban J connectivity index is 2.39. The summed E-state index contributed by atoms with van der Waals surface area (Å²) in [7, 11) is 0. The molecule has 0 saturated heterocycles. The molecule has 0 fully saturated rings. The fourth-order valence-electron chi connectivity index (χ4n) is 1.66. The highest BCUT2D eigenvalue weighted by Gasteiger charge is 2.31. The van der Waals surface area contributed by atoms with Gasteiger partial charge in [0.25, 0.3) is 0 Å². The van der Waals surface area contributed by atoms with Gasteiger partial charge in [-0.3, -0.25) is 0 Å². The summed E-state index contributed by atoms with van der Waals surface area (Å²) in [5.74, 6) is -1.06. The minimum absolute atomic E-state index is 0.176. The maximum atomic E-state index is 13.2. The van der Waals surface area contributed by atoms with E-state index in [-0.39, 0.29) is 11.3 Å². The fourth-order valence-corrected chi connectivity index (χ4v) is 1.66. The predicted molar refractivity (Wildman–Crippen MR) is 63.2 cm³/mol. The molecule has 2 rings (SSSR count). The van der Waals surface area contributed by atoms with Crippen molar-refractivity contribution < 1.29 is 22.3 Å². The number of alkyl halides is 3. The molecule has 0 aliphatic carbocycles. The van der Waals surface area contributed by atoms with Gasteiger partial charge in [0.15, 0.2) is 0 Å². The summed E-state index contributed by atoms with van der Waals surface area (Å²) in [4.78, 5) is 0. The van der Waals surface area contributed by atoms with E-state index in [1.54, 1.807) is 6.07 Å². The van der Waals surface area contributed by atoms with Gasteiger partial charge < -0.3 is 4.74 Å². The largest absolute Gasteiger partial charge is 0.573 e. The second kappa shape index (κ2) is 5.21. The lowest BCUT2D eigenvalue weighted by Gasteiger charge is -2.10. The molecule has 0 aliphatic heterocycles. The van der Waals surface area contributed by atoms with Crippen molar-refractivity contribution in [3.05, 3.63) is 53.8 Å². The van der Waals surface area contributed by atoms with Gasteiger partial charge in [-0.2, -0.15) is 5.26 Å². The predicted octanol–water partition coefficient (Wildman–Crippen LogP) is 4.26. The summed E-state index contributed by atoms with van der Waals surface area (Å²) < 4.78 is 53.4. The summed E-state index contributed by atoms with van der Waals surface area (Å²) >= 11 is 0. The van der Waals surface area contributed by atoms with E-state index in [9.17, 15) is 17.6 Å². The van der Waals surface area contributed by atoms with Gasteiger partial charge >= 0.3 is 6.36 Å². The SMILES string of the molecule is N#Cc1cc(-c2cccc(OC(F)(F)F)c2)ccc1F. The lowest BCUT2D eigenvalue weighted by molar-refractivity contribution is -0.274. The molecule has 0 bridgehead atoms. The van der Waals surface area contributed by atoms with Crippen LogP contribution in [0.15, 0.2) is 42.5 Å². The van der Waals surface area contributed by atoms with Crippen LogP contribution in [0.5, 0.6) is 5.75 Å². The van der Waals surface area contributed by atoms with Gasteiger partial charge in [0, 0.05) is 0 Å². The van der Waals surface area contributed by atoms with Crippen LogP contribution in [-0.2, 0) is 0 Å². The van der Waals surface area contributed by atoms with Crippen LogP contribution >= 0.6 is 0 Å². The number of rotatable bonds is 2. The Morgan fingerprint density at radius 1 is 1.00 bits per heavy atom. The van der Waals surface area contributed by atoms with Gasteiger partial charge in [0.1, 0.15) is 17.6 Å². The van der Waals surface area contributed by atoms with Gasteiger partial charge in [-0.25, -0.2) is 4.39 Å². The maximum absolute atomic E-state index is 13.2. The Bertz CT molecular complexity index is 674. The van der Waals surface area contributed by atoms with Crippen LogP contribution in [0.4, 0.5) is 17.6 Å². The first-order chi connectivity index (χ1) is 9.39. The van der Waals surface area contributed by atoms with Gasteiger partial charge in [-0.05, 0) is 35.4 Å². The van der Waals surface area contributed by atoms with Crippen LogP contribution < -0.4 is 4.74 Å². The van der Waals surface area contributed by atoms with Gasteiger partial charge in [-0.1, -0.05) is 18.2 Å². The number of nitriles is 1. The lowest BCUT2D eigenvalue weighted by Crippen LogP contribution is -2.17. The molecule has 0 amide bonds. The molecule has 102 valence electrons. The maximum Gasteiger partial charge on any atom is 0.573 e. The van der Waals surface area contributed by atoms with Crippen molar-refractivity contribution in [1.82, 2.24) is 0 Å². The second-order valence-corrected chi connectivity index (χ2v) is 3.88. The second-order valence-electron chi connectivity index (χ2n) is 3.88. The third-order valence-corrected chi connectivity index (χ3v) is 2.49. The number of halogens is 4. The van der Waals surface area contributed by atoms with Crippen LogP contribution in [-0.4, -0.2) is 6.36 Å². The average molecular weight is 281 g/mol. The third-order valence-electron chi connectivity index (χ3n) is 2.49. The van der Waals surface area contributed by atoms with Crippen molar-refractivity contribution in [2.45, 2.75) is 6.36 Å². The van der Waals surface area contributed by atoms with Crippen molar-refractivity contribution in [3.8, 4) is 22.9 Å². The zero-order chi connectivity index (χ0) is 14.8. The summed E-state index contributed by atoms with van der Waals surface area (Å²) in [6.07, 6.45) is -4.78. The van der Waals surface area contributed by atoms with Crippen molar-refractivity contribution in [2.24, 2.45) is 0 Å². The first kappa shape index (κ1) is 13.9. The van der Waals surface area contributed by atoms with E-state index < -0.39 is 12.2 Å². The van der Waals surface area contributed by atoms with Crippen LogP contribution in [0.1, 0.15) is 5.56 Å². The molecule has 2 nitrogen and oxygen atoms in total. The fraction of sp³-hybridized carbons (Fsp3) is 0.0714. The minimum Gasteiger partial charge on any atom is -0.406 e. The van der Waals surface area contributed by atoms with Crippen molar-refractivity contribution >= 4 is 0 Å². The number of hydrogen-bond donors (Lipinski definition) is 0. The zero-order valence-electron chi connectivity index (χ0n) is 9.91. The Kier molecular flexibility index (Phi) is 3.61. The highest BCUT2D eigenvalue weighted by atomic mass is 19.4.